The average Bonchev–Trinajstić information content (AvgIpc) is 3.17. The number of nitrogens with zero attached hydrogens (tertiary/aromatic N) is 5. The van der Waals surface area contributed by atoms with E-state index in [1.807, 2.05) is 6.20 Å². The minimum Gasteiger partial charge on any atom is -0.373 e. The Morgan fingerprint density at radius 1 is 1.38 bits per heavy atom. The van der Waals surface area contributed by atoms with Gasteiger partial charge in [0.05, 0.1) is 43.4 Å². The molecule has 2 aromatic heterocycles. The number of fused-ring (bicyclic) bond motifs is 1. The highest BCUT2D eigenvalue weighted by Gasteiger charge is 2.25. The quantitative estimate of drug-likeness (QED) is 0.855. The molecule has 1 unspecified atom stereocenters. The standard InChI is InChI=1S/C15H21N5O/c1-12-7-16-20(8-12)14-2-3-18(10-14)9-13-6-15-11-21-5-4-19(15)17-13/h6-8,14H,2-5,9-11H2,1H3. The van der Waals surface area contributed by atoms with Gasteiger partial charge >= 0.3 is 0 Å². The van der Waals surface area contributed by atoms with E-state index >= 15 is 0 Å². The Morgan fingerprint density at radius 3 is 3.14 bits per heavy atom. The van der Waals surface area contributed by atoms with Gasteiger partial charge in [-0.05, 0) is 25.0 Å². The SMILES string of the molecule is Cc1cnn(C2CCN(Cc3cc4n(n3)CCOC4)C2)c1. The van der Waals surface area contributed by atoms with E-state index in [9.17, 15) is 0 Å². The smallest absolute Gasteiger partial charge is 0.0885 e. The molecule has 21 heavy (non-hydrogen) atoms. The molecule has 4 heterocycles. The van der Waals surface area contributed by atoms with E-state index in [4.69, 9.17) is 4.74 Å². The van der Waals surface area contributed by atoms with Gasteiger partial charge in [0.1, 0.15) is 0 Å². The minimum atomic E-state index is 0.499. The predicted octanol–water partition coefficient (Wildman–Crippen LogP) is 1.37. The number of aromatic nitrogens is 4. The molecule has 0 bridgehead atoms. The van der Waals surface area contributed by atoms with E-state index in [0.717, 1.165) is 44.9 Å². The second-order valence-electron chi connectivity index (χ2n) is 6.08. The van der Waals surface area contributed by atoms with Gasteiger partial charge in [-0.1, -0.05) is 0 Å². The van der Waals surface area contributed by atoms with Crippen LogP contribution in [0.25, 0.3) is 0 Å². The topological polar surface area (TPSA) is 48.1 Å². The lowest BCUT2D eigenvalue weighted by Gasteiger charge is -2.14. The zero-order valence-corrected chi connectivity index (χ0v) is 12.4. The van der Waals surface area contributed by atoms with Crippen molar-refractivity contribution in [3.8, 4) is 0 Å². The molecular weight excluding hydrogens is 266 g/mol. The lowest BCUT2D eigenvalue weighted by Crippen LogP contribution is -2.22. The van der Waals surface area contributed by atoms with E-state index in [-0.39, 0.29) is 0 Å². The third kappa shape index (κ3) is 2.61. The fourth-order valence-corrected chi connectivity index (χ4v) is 3.26. The summed E-state index contributed by atoms with van der Waals surface area (Å²) in [4.78, 5) is 2.47. The van der Waals surface area contributed by atoms with E-state index in [1.165, 1.54) is 11.3 Å². The lowest BCUT2D eigenvalue weighted by molar-refractivity contribution is 0.0799. The van der Waals surface area contributed by atoms with Crippen LogP contribution in [0, 0.1) is 6.92 Å². The summed E-state index contributed by atoms with van der Waals surface area (Å²) in [5.74, 6) is 0. The van der Waals surface area contributed by atoms with Gasteiger partial charge in [-0.2, -0.15) is 10.2 Å². The van der Waals surface area contributed by atoms with Crippen molar-refractivity contribution in [3.05, 3.63) is 35.4 Å². The summed E-state index contributed by atoms with van der Waals surface area (Å²) in [6, 6.07) is 2.68. The first kappa shape index (κ1) is 13.0. The molecule has 6 heteroatoms. The van der Waals surface area contributed by atoms with Crippen molar-refractivity contribution in [2.45, 2.75) is 39.1 Å². The van der Waals surface area contributed by atoms with Crippen molar-refractivity contribution in [1.29, 1.82) is 0 Å². The zero-order valence-electron chi connectivity index (χ0n) is 12.4. The van der Waals surface area contributed by atoms with Gasteiger partial charge in [0.2, 0.25) is 0 Å². The number of rotatable bonds is 3. The van der Waals surface area contributed by atoms with Gasteiger partial charge in [-0.15, -0.1) is 0 Å². The molecule has 2 aliphatic rings. The molecule has 0 amide bonds. The molecule has 0 N–H and O–H groups in total. The highest BCUT2D eigenvalue weighted by Crippen LogP contribution is 2.23. The lowest BCUT2D eigenvalue weighted by atomic mass is 10.3. The molecule has 0 aromatic carbocycles. The van der Waals surface area contributed by atoms with Crippen LogP contribution in [0.1, 0.15) is 29.4 Å². The summed E-state index contributed by atoms with van der Waals surface area (Å²) >= 11 is 0. The van der Waals surface area contributed by atoms with Gasteiger partial charge < -0.3 is 4.74 Å². The first-order valence-corrected chi connectivity index (χ1v) is 7.64. The normalized spacial score (nSPS) is 22.6. The van der Waals surface area contributed by atoms with Crippen molar-refractivity contribution in [1.82, 2.24) is 24.5 Å². The second-order valence-corrected chi connectivity index (χ2v) is 6.08. The molecule has 1 atom stereocenters. The molecule has 4 rings (SSSR count). The van der Waals surface area contributed by atoms with E-state index in [2.05, 4.69) is 43.6 Å². The maximum Gasteiger partial charge on any atom is 0.0885 e. The largest absolute Gasteiger partial charge is 0.373 e. The summed E-state index contributed by atoms with van der Waals surface area (Å²) in [6.07, 6.45) is 5.24. The van der Waals surface area contributed by atoms with Crippen LogP contribution in [0.15, 0.2) is 18.5 Å². The molecule has 0 spiro atoms. The van der Waals surface area contributed by atoms with Crippen molar-refractivity contribution in [3.63, 3.8) is 0 Å². The second kappa shape index (κ2) is 5.27. The summed E-state index contributed by atoms with van der Waals surface area (Å²) in [5.41, 5.74) is 3.60. The molecule has 1 fully saturated rings. The van der Waals surface area contributed by atoms with E-state index in [0.29, 0.717) is 12.6 Å². The number of likely N-dealkylation sites (tertiary alicyclic amines) is 1. The highest BCUT2D eigenvalue weighted by atomic mass is 16.5. The monoisotopic (exact) mass is 287 g/mol. The average molecular weight is 287 g/mol. The van der Waals surface area contributed by atoms with Crippen LogP contribution in [0.2, 0.25) is 0 Å². The summed E-state index contributed by atoms with van der Waals surface area (Å²) < 4.78 is 9.67. The van der Waals surface area contributed by atoms with Crippen LogP contribution in [-0.4, -0.2) is 44.2 Å². The minimum absolute atomic E-state index is 0.499. The Kier molecular flexibility index (Phi) is 3.27. The molecule has 1 saturated heterocycles. The van der Waals surface area contributed by atoms with Crippen LogP contribution in [-0.2, 0) is 24.4 Å². The first-order chi connectivity index (χ1) is 10.3. The molecule has 2 aliphatic heterocycles. The van der Waals surface area contributed by atoms with Crippen molar-refractivity contribution in [2.75, 3.05) is 19.7 Å². The number of hydrogen-bond donors (Lipinski definition) is 0. The Morgan fingerprint density at radius 2 is 2.33 bits per heavy atom. The predicted molar refractivity (Wildman–Crippen MR) is 77.8 cm³/mol. The number of ether oxygens (including phenoxy) is 1. The fraction of sp³-hybridized carbons (Fsp3) is 0.600. The zero-order chi connectivity index (χ0) is 14.2. The van der Waals surface area contributed by atoms with Crippen LogP contribution in [0.3, 0.4) is 0 Å². The van der Waals surface area contributed by atoms with Crippen molar-refractivity contribution in [2.24, 2.45) is 0 Å². The molecule has 2 aromatic rings. The maximum absolute atomic E-state index is 5.47. The molecule has 112 valence electrons. The van der Waals surface area contributed by atoms with Gasteiger partial charge in [-0.3, -0.25) is 14.3 Å². The van der Waals surface area contributed by atoms with Gasteiger partial charge in [0.15, 0.2) is 0 Å². The Labute approximate surface area is 124 Å². The molecule has 0 radical (unpaired) electrons. The fourth-order valence-electron chi connectivity index (χ4n) is 3.26. The van der Waals surface area contributed by atoms with Gasteiger partial charge in [-0.25, -0.2) is 0 Å². The molecule has 6 nitrogen and oxygen atoms in total. The number of hydrogen-bond acceptors (Lipinski definition) is 4. The van der Waals surface area contributed by atoms with Crippen LogP contribution < -0.4 is 0 Å². The molecule has 0 aliphatic carbocycles. The summed E-state index contributed by atoms with van der Waals surface area (Å²) in [5, 5.41) is 9.13. The van der Waals surface area contributed by atoms with Crippen LogP contribution >= 0.6 is 0 Å². The van der Waals surface area contributed by atoms with E-state index in [1.54, 1.807) is 0 Å². The third-order valence-electron chi connectivity index (χ3n) is 4.35. The van der Waals surface area contributed by atoms with Crippen LogP contribution in [0.4, 0.5) is 0 Å². The summed E-state index contributed by atoms with van der Waals surface area (Å²) in [6.45, 7) is 7.54. The van der Waals surface area contributed by atoms with Gasteiger partial charge in [0.25, 0.3) is 0 Å². The van der Waals surface area contributed by atoms with Gasteiger partial charge in [0, 0.05) is 25.8 Å². The van der Waals surface area contributed by atoms with Crippen LogP contribution in [0.5, 0.6) is 0 Å². The third-order valence-corrected chi connectivity index (χ3v) is 4.35. The molecular formula is C15H21N5O. The Balaban J connectivity index is 1.41. The van der Waals surface area contributed by atoms with Crippen molar-refractivity contribution < 1.29 is 4.74 Å². The molecule has 0 saturated carbocycles. The maximum atomic E-state index is 5.47. The Hall–Kier alpha value is -1.66. The number of aryl methyl sites for hydroxylation is 1. The first-order valence-electron chi connectivity index (χ1n) is 7.64. The van der Waals surface area contributed by atoms with E-state index < -0.39 is 0 Å². The Bertz CT molecular complexity index is 608. The highest BCUT2D eigenvalue weighted by molar-refractivity contribution is 5.11. The summed E-state index contributed by atoms with van der Waals surface area (Å²) in [7, 11) is 0. The van der Waals surface area contributed by atoms with Crippen molar-refractivity contribution >= 4 is 0 Å².